The number of fused-ring (bicyclic) bond motifs is 1. The zero-order valence-electron chi connectivity index (χ0n) is 25.9. The highest BCUT2D eigenvalue weighted by molar-refractivity contribution is 6.30. The highest BCUT2D eigenvalue weighted by Gasteiger charge is 2.34. The number of nitrogens with zero attached hydrogens (tertiary/aromatic N) is 3. The Morgan fingerprint density at radius 1 is 0.978 bits per heavy atom. The molecule has 3 atom stereocenters. The van der Waals surface area contributed by atoms with E-state index in [1.54, 1.807) is 17.0 Å². The second-order valence-electron chi connectivity index (χ2n) is 11.8. The molecule has 0 saturated carbocycles. The van der Waals surface area contributed by atoms with Gasteiger partial charge >= 0.3 is 0 Å². The zero-order valence-corrected chi connectivity index (χ0v) is 26.7. The number of hydrogen-bond acceptors (Lipinski definition) is 5. The van der Waals surface area contributed by atoms with Crippen LogP contribution in [0.2, 0.25) is 5.02 Å². The molecular formula is C35H42ClF2N5O2. The van der Waals surface area contributed by atoms with E-state index in [2.05, 4.69) is 40.3 Å². The molecule has 3 aromatic carbocycles. The fourth-order valence-corrected chi connectivity index (χ4v) is 6.48. The molecule has 10 heteroatoms. The van der Waals surface area contributed by atoms with Crippen molar-refractivity contribution in [3.63, 3.8) is 0 Å². The molecule has 1 unspecified atom stereocenters. The number of benzene rings is 3. The highest BCUT2D eigenvalue weighted by Crippen LogP contribution is 2.27. The molecule has 0 aliphatic carbocycles. The average molecular weight is 638 g/mol. The summed E-state index contributed by atoms with van der Waals surface area (Å²) >= 11 is 6.11. The van der Waals surface area contributed by atoms with E-state index in [-0.39, 0.29) is 17.9 Å². The number of nitrogens with one attached hydrogen (secondary N) is 2. The normalized spacial score (nSPS) is 18.4. The van der Waals surface area contributed by atoms with Gasteiger partial charge < -0.3 is 20.4 Å². The lowest BCUT2D eigenvalue weighted by molar-refractivity contribution is -0.138. The molecule has 1 fully saturated rings. The van der Waals surface area contributed by atoms with Crippen LogP contribution >= 0.6 is 11.6 Å². The SMILES string of the molecule is CCN(CC)CC(c1ccc(F)cc1F)N1CCN(C(=O)[C@@H](Cc2ccc(Cl)cc2)NC(=O)[C@H]2Cc3ccccc3CN2)CC1. The Balaban J connectivity index is 1.29. The number of piperazine rings is 1. The van der Waals surface area contributed by atoms with Crippen LogP contribution in [0.15, 0.2) is 66.7 Å². The van der Waals surface area contributed by atoms with Crippen LogP contribution in [0.5, 0.6) is 0 Å². The van der Waals surface area contributed by atoms with Gasteiger partial charge in [-0.3, -0.25) is 14.5 Å². The van der Waals surface area contributed by atoms with Crippen LogP contribution in [-0.2, 0) is 29.0 Å². The van der Waals surface area contributed by atoms with Crippen molar-refractivity contribution in [3.05, 3.63) is 106 Å². The zero-order chi connectivity index (χ0) is 31.9. The maximum Gasteiger partial charge on any atom is 0.245 e. The molecule has 0 aromatic heterocycles. The molecule has 3 aromatic rings. The minimum absolute atomic E-state index is 0.151. The van der Waals surface area contributed by atoms with Gasteiger partial charge in [-0.1, -0.05) is 67.9 Å². The van der Waals surface area contributed by atoms with Crippen molar-refractivity contribution in [2.75, 3.05) is 45.8 Å². The molecule has 45 heavy (non-hydrogen) atoms. The molecule has 0 bridgehead atoms. The maximum atomic E-state index is 15.0. The van der Waals surface area contributed by atoms with Crippen molar-refractivity contribution in [1.29, 1.82) is 0 Å². The van der Waals surface area contributed by atoms with Crippen LogP contribution in [0.1, 0.15) is 42.1 Å². The predicted octanol–water partition coefficient (Wildman–Crippen LogP) is 4.59. The number of halogens is 3. The van der Waals surface area contributed by atoms with Crippen molar-refractivity contribution in [1.82, 2.24) is 25.3 Å². The van der Waals surface area contributed by atoms with E-state index >= 15 is 4.39 Å². The number of likely N-dealkylation sites (N-methyl/N-ethyl adjacent to an activating group) is 1. The van der Waals surface area contributed by atoms with Gasteiger partial charge in [0.15, 0.2) is 0 Å². The van der Waals surface area contributed by atoms with Gasteiger partial charge in [0.2, 0.25) is 11.8 Å². The summed E-state index contributed by atoms with van der Waals surface area (Å²) in [5.74, 6) is -1.52. The lowest BCUT2D eigenvalue weighted by Gasteiger charge is -2.42. The largest absolute Gasteiger partial charge is 0.343 e. The van der Waals surface area contributed by atoms with Crippen LogP contribution in [0.4, 0.5) is 8.78 Å². The molecule has 7 nitrogen and oxygen atoms in total. The van der Waals surface area contributed by atoms with E-state index in [0.717, 1.165) is 30.3 Å². The van der Waals surface area contributed by atoms with E-state index in [9.17, 15) is 14.0 Å². The third-order valence-corrected chi connectivity index (χ3v) is 9.33. The minimum Gasteiger partial charge on any atom is -0.343 e. The number of rotatable bonds is 11. The molecular weight excluding hydrogens is 596 g/mol. The molecule has 2 aliphatic rings. The second-order valence-corrected chi connectivity index (χ2v) is 12.3. The van der Waals surface area contributed by atoms with Gasteiger partial charge in [-0.05, 0) is 54.4 Å². The van der Waals surface area contributed by atoms with Crippen molar-refractivity contribution in [2.24, 2.45) is 0 Å². The molecule has 0 spiro atoms. The van der Waals surface area contributed by atoms with Gasteiger partial charge in [0.05, 0.1) is 12.1 Å². The molecule has 2 amide bonds. The first-order valence-corrected chi connectivity index (χ1v) is 16.2. The third kappa shape index (κ3) is 8.27. The molecule has 2 N–H and O–H groups in total. The van der Waals surface area contributed by atoms with Crippen LogP contribution in [-0.4, -0.2) is 84.4 Å². The van der Waals surface area contributed by atoms with Crippen molar-refractivity contribution < 1.29 is 18.4 Å². The van der Waals surface area contributed by atoms with Gasteiger partial charge in [-0.15, -0.1) is 0 Å². The lowest BCUT2D eigenvalue weighted by atomic mass is 9.95. The first kappa shape index (κ1) is 33.0. The predicted molar refractivity (Wildman–Crippen MR) is 173 cm³/mol. The average Bonchev–Trinajstić information content (AvgIpc) is 3.06. The van der Waals surface area contributed by atoms with Gasteiger partial charge in [0.1, 0.15) is 17.7 Å². The van der Waals surface area contributed by atoms with Gasteiger partial charge in [0, 0.05) is 62.3 Å². The molecule has 0 radical (unpaired) electrons. The van der Waals surface area contributed by atoms with Gasteiger partial charge in [0.25, 0.3) is 0 Å². The quantitative estimate of drug-likeness (QED) is 0.322. The summed E-state index contributed by atoms with van der Waals surface area (Å²) in [4.78, 5) is 33.7. The first-order chi connectivity index (χ1) is 21.7. The Morgan fingerprint density at radius 3 is 2.33 bits per heavy atom. The number of amides is 2. The first-order valence-electron chi connectivity index (χ1n) is 15.8. The smallest absolute Gasteiger partial charge is 0.245 e. The second kappa shape index (κ2) is 15.3. The van der Waals surface area contributed by atoms with E-state index < -0.39 is 23.7 Å². The van der Waals surface area contributed by atoms with Crippen LogP contribution in [0, 0.1) is 11.6 Å². The summed E-state index contributed by atoms with van der Waals surface area (Å²) in [5.41, 5.74) is 3.65. The molecule has 2 aliphatic heterocycles. The Kier molecular flexibility index (Phi) is 11.2. The van der Waals surface area contributed by atoms with Crippen molar-refractivity contribution >= 4 is 23.4 Å². The Hall–Kier alpha value is -3.37. The molecule has 240 valence electrons. The maximum absolute atomic E-state index is 15.0. The Bertz CT molecular complexity index is 1460. The van der Waals surface area contributed by atoms with Gasteiger partial charge in [-0.25, -0.2) is 8.78 Å². The molecule has 2 heterocycles. The number of carbonyl (C=O) groups excluding carboxylic acids is 2. The summed E-state index contributed by atoms with van der Waals surface area (Å²) in [6.45, 7) is 8.84. The minimum atomic E-state index is -0.759. The van der Waals surface area contributed by atoms with Crippen LogP contribution in [0.25, 0.3) is 0 Å². The summed E-state index contributed by atoms with van der Waals surface area (Å²) in [6, 6.07) is 17.7. The summed E-state index contributed by atoms with van der Waals surface area (Å²) < 4.78 is 28.8. The summed E-state index contributed by atoms with van der Waals surface area (Å²) in [6.07, 6.45) is 0.882. The van der Waals surface area contributed by atoms with Gasteiger partial charge in [-0.2, -0.15) is 0 Å². The molecule has 1 saturated heterocycles. The lowest BCUT2D eigenvalue weighted by Crippen LogP contribution is -2.58. The van der Waals surface area contributed by atoms with Crippen molar-refractivity contribution in [2.45, 2.75) is 51.4 Å². The van der Waals surface area contributed by atoms with E-state index in [1.807, 2.05) is 30.3 Å². The van der Waals surface area contributed by atoms with E-state index in [4.69, 9.17) is 11.6 Å². The Labute approximate surface area is 269 Å². The highest BCUT2D eigenvalue weighted by atomic mass is 35.5. The van der Waals surface area contributed by atoms with Crippen LogP contribution in [0.3, 0.4) is 0 Å². The van der Waals surface area contributed by atoms with Crippen molar-refractivity contribution in [3.8, 4) is 0 Å². The van der Waals surface area contributed by atoms with E-state index in [0.29, 0.717) is 62.7 Å². The topological polar surface area (TPSA) is 67.9 Å². The van der Waals surface area contributed by atoms with Crippen LogP contribution < -0.4 is 10.6 Å². The Morgan fingerprint density at radius 2 is 1.67 bits per heavy atom. The fourth-order valence-electron chi connectivity index (χ4n) is 6.35. The number of hydrogen-bond donors (Lipinski definition) is 2. The summed E-state index contributed by atoms with van der Waals surface area (Å²) in [7, 11) is 0. The monoisotopic (exact) mass is 637 g/mol. The number of carbonyl (C=O) groups is 2. The fraction of sp³-hybridized carbons (Fsp3) is 0.429. The third-order valence-electron chi connectivity index (χ3n) is 9.08. The van der Waals surface area contributed by atoms with E-state index in [1.165, 1.54) is 17.7 Å². The standard InChI is InChI=1S/C35H42ClF2N5O2/c1-3-41(4-2)23-33(29-14-13-28(37)21-30(29)38)42-15-17-43(18-16-42)35(45)32(19-24-9-11-27(36)12-10-24)40-34(44)31-20-25-7-5-6-8-26(25)22-39-31/h5-14,21,31-33,39H,3-4,15-20,22-23H2,1-2H3,(H,40,44)/t31-,32-,33?/m1/s1. The molecule has 5 rings (SSSR count). The summed E-state index contributed by atoms with van der Waals surface area (Å²) in [5, 5.41) is 6.98.